The summed E-state index contributed by atoms with van der Waals surface area (Å²) in [5, 5.41) is 2.87. The van der Waals surface area contributed by atoms with Crippen LogP contribution in [-0.2, 0) is 4.79 Å². The van der Waals surface area contributed by atoms with Crippen LogP contribution in [0.25, 0.3) is 0 Å². The molecule has 3 nitrogen and oxygen atoms in total. The molecule has 0 saturated heterocycles. The van der Waals surface area contributed by atoms with Crippen LogP contribution in [0.3, 0.4) is 0 Å². The average Bonchev–Trinajstić information content (AvgIpc) is 2.53. The van der Waals surface area contributed by atoms with E-state index < -0.39 is 0 Å². The Hall–Kier alpha value is -1.94. The standard InChI is InChI=1S/C17H19NO2S/c19-17(18-15-8-3-1-4-9-15)14-21-13-7-12-20-16-10-5-2-6-11-16/h1-6,8-11H,7,12-14H2,(H,18,19). The Morgan fingerprint density at radius 2 is 1.67 bits per heavy atom. The predicted octanol–water partition coefficient (Wildman–Crippen LogP) is 3.83. The highest BCUT2D eigenvalue weighted by atomic mass is 32.2. The molecule has 0 aliphatic carbocycles. The highest BCUT2D eigenvalue weighted by Gasteiger charge is 2.02. The van der Waals surface area contributed by atoms with E-state index in [0.29, 0.717) is 12.4 Å². The molecule has 2 aromatic carbocycles. The van der Waals surface area contributed by atoms with Crippen molar-refractivity contribution in [1.82, 2.24) is 0 Å². The van der Waals surface area contributed by atoms with E-state index >= 15 is 0 Å². The van der Waals surface area contributed by atoms with Gasteiger partial charge in [0.2, 0.25) is 5.91 Å². The molecule has 2 aromatic rings. The first-order chi connectivity index (χ1) is 10.3. The molecule has 0 bridgehead atoms. The molecule has 1 amide bonds. The van der Waals surface area contributed by atoms with E-state index in [1.807, 2.05) is 60.7 Å². The normalized spacial score (nSPS) is 10.1. The summed E-state index contributed by atoms with van der Waals surface area (Å²) in [6, 6.07) is 19.3. The number of rotatable bonds is 8. The molecule has 0 spiro atoms. The first-order valence-corrected chi connectivity index (χ1v) is 8.10. The van der Waals surface area contributed by atoms with Crippen molar-refractivity contribution in [2.45, 2.75) is 6.42 Å². The Morgan fingerprint density at radius 3 is 2.38 bits per heavy atom. The average molecular weight is 301 g/mol. The minimum atomic E-state index is 0.0372. The topological polar surface area (TPSA) is 38.3 Å². The van der Waals surface area contributed by atoms with Crippen molar-refractivity contribution >= 4 is 23.4 Å². The molecule has 0 aliphatic rings. The SMILES string of the molecule is O=C(CSCCCOc1ccccc1)Nc1ccccc1. The van der Waals surface area contributed by atoms with Crippen molar-refractivity contribution in [3.63, 3.8) is 0 Å². The van der Waals surface area contributed by atoms with Crippen LogP contribution >= 0.6 is 11.8 Å². The van der Waals surface area contributed by atoms with Gasteiger partial charge in [0.1, 0.15) is 5.75 Å². The number of ether oxygens (including phenoxy) is 1. The fourth-order valence-electron chi connectivity index (χ4n) is 1.75. The molecule has 0 unspecified atom stereocenters. The van der Waals surface area contributed by atoms with Crippen molar-refractivity contribution in [2.75, 3.05) is 23.4 Å². The summed E-state index contributed by atoms with van der Waals surface area (Å²) in [6.07, 6.45) is 0.929. The van der Waals surface area contributed by atoms with Crippen LogP contribution in [0.2, 0.25) is 0 Å². The minimum absolute atomic E-state index is 0.0372. The van der Waals surface area contributed by atoms with E-state index in [9.17, 15) is 4.79 Å². The molecule has 0 heterocycles. The van der Waals surface area contributed by atoms with Gasteiger partial charge in [0.05, 0.1) is 12.4 Å². The summed E-state index contributed by atoms with van der Waals surface area (Å²) in [5.41, 5.74) is 0.843. The van der Waals surface area contributed by atoms with Crippen molar-refractivity contribution < 1.29 is 9.53 Å². The maximum absolute atomic E-state index is 11.7. The third kappa shape index (κ3) is 6.36. The lowest BCUT2D eigenvalue weighted by Crippen LogP contribution is -2.14. The Kier molecular flexibility index (Phi) is 6.68. The van der Waals surface area contributed by atoms with Gasteiger partial charge in [-0.2, -0.15) is 11.8 Å². The van der Waals surface area contributed by atoms with E-state index in [2.05, 4.69) is 5.32 Å². The quantitative estimate of drug-likeness (QED) is 0.753. The number of para-hydroxylation sites is 2. The number of hydrogen-bond donors (Lipinski definition) is 1. The fourth-order valence-corrected chi connectivity index (χ4v) is 2.48. The molecule has 1 N–H and O–H groups in total. The van der Waals surface area contributed by atoms with Gasteiger partial charge in [-0.25, -0.2) is 0 Å². The van der Waals surface area contributed by atoms with Crippen molar-refractivity contribution in [2.24, 2.45) is 0 Å². The van der Waals surface area contributed by atoms with Gasteiger partial charge in [0.25, 0.3) is 0 Å². The molecular weight excluding hydrogens is 282 g/mol. The largest absolute Gasteiger partial charge is 0.494 e. The molecule has 21 heavy (non-hydrogen) atoms. The Balaban J connectivity index is 1.52. The molecule has 0 saturated carbocycles. The minimum Gasteiger partial charge on any atom is -0.494 e. The first-order valence-electron chi connectivity index (χ1n) is 6.95. The van der Waals surface area contributed by atoms with Gasteiger partial charge in [-0.05, 0) is 36.4 Å². The Bertz CT molecular complexity index is 531. The van der Waals surface area contributed by atoms with Gasteiger partial charge >= 0.3 is 0 Å². The number of hydrogen-bond acceptors (Lipinski definition) is 3. The summed E-state index contributed by atoms with van der Waals surface area (Å²) >= 11 is 1.62. The number of amides is 1. The second kappa shape index (κ2) is 9.08. The number of thioether (sulfide) groups is 1. The van der Waals surface area contributed by atoms with Crippen LogP contribution in [-0.4, -0.2) is 24.0 Å². The smallest absolute Gasteiger partial charge is 0.234 e. The number of carbonyl (C=O) groups is 1. The second-order valence-corrected chi connectivity index (χ2v) is 5.59. The summed E-state index contributed by atoms with van der Waals surface area (Å²) in [7, 11) is 0. The van der Waals surface area contributed by atoms with Crippen LogP contribution in [0.1, 0.15) is 6.42 Å². The van der Waals surface area contributed by atoms with Crippen LogP contribution in [0.5, 0.6) is 5.75 Å². The van der Waals surface area contributed by atoms with Crippen molar-refractivity contribution in [3.8, 4) is 5.75 Å². The highest BCUT2D eigenvalue weighted by Crippen LogP contribution is 2.10. The Morgan fingerprint density at radius 1 is 1.00 bits per heavy atom. The molecule has 0 fully saturated rings. The van der Waals surface area contributed by atoms with E-state index in [4.69, 9.17) is 4.74 Å². The molecule has 4 heteroatoms. The maximum atomic E-state index is 11.7. The summed E-state index contributed by atoms with van der Waals surface area (Å²) in [5.74, 6) is 2.31. The number of nitrogens with one attached hydrogen (secondary N) is 1. The van der Waals surface area contributed by atoms with Gasteiger partial charge in [-0.3, -0.25) is 4.79 Å². The van der Waals surface area contributed by atoms with Gasteiger partial charge < -0.3 is 10.1 Å². The zero-order chi connectivity index (χ0) is 14.8. The molecule has 110 valence electrons. The first kappa shape index (κ1) is 15.4. The summed E-state index contributed by atoms with van der Waals surface area (Å²) < 4.78 is 5.59. The molecule has 0 aromatic heterocycles. The van der Waals surface area contributed by atoms with Gasteiger partial charge in [-0.1, -0.05) is 36.4 Å². The monoisotopic (exact) mass is 301 g/mol. The lowest BCUT2D eigenvalue weighted by molar-refractivity contribution is -0.113. The highest BCUT2D eigenvalue weighted by molar-refractivity contribution is 7.99. The number of anilines is 1. The number of benzene rings is 2. The van der Waals surface area contributed by atoms with Crippen LogP contribution in [0, 0.1) is 0 Å². The third-order valence-corrected chi connectivity index (χ3v) is 3.78. The van der Waals surface area contributed by atoms with Crippen molar-refractivity contribution in [1.29, 1.82) is 0 Å². The second-order valence-electron chi connectivity index (χ2n) is 4.48. The van der Waals surface area contributed by atoms with E-state index in [1.165, 1.54) is 0 Å². The Labute approximate surface area is 129 Å². The zero-order valence-electron chi connectivity index (χ0n) is 11.8. The van der Waals surface area contributed by atoms with E-state index in [-0.39, 0.29) is 5.91 Å². The van der Waals surface area contributed by atoms with Gasteiger partial charge in [0.15, 0.2) is 0 Å². The molecule has 0 radical (unpaired) electrons. The van der Waals surface area contributed by atoms with E-state index in [1.54, 1.807) is 11.8 Å². The molecule has 2 rings (SSSR count). The summed E-state index contributed by atoms with van der Waals surface area (Å²) in [4.78, 5) is 11.7. The summed E-state index contributed by atoms with van der Waals surface area (Å²) in [6.45, 7) is 0.678. The molecule has 0 aliphatic heterocycles. The van der Waals surface area contributed by atoms with Gasteiger partial charge in [0, 0.05) is 5.69 Å². The van der Waals surface area contributed by atoms with E-state index in [0.717, 1.165) is 23.6 Å². The van der Waals surface area contributed by atoms with Gasteiger partial charge in [-0.15, -0.1) is 0 Å². The predicted molar refractivity (Wildman–Crippen MR) is 89.0 cm³/mol. The third-order valence-electron chi connectivity index (χ3n) is 2.74. The molecular formula is C17H19NO2S. The van der Waals surface area contributed by atoms with Crippen LogP contribution in [0.15, 0.2) is 60.7 Å². The van der Waals surface area contributed by atoms with Crippen LogP contribution in [0.4, 0.5) is 5.69 Å². The van der Waals surface area contributed by atoms with Crippen LogP contribution < -0.4 is 10.1 Å². The maximum Gasteiger partial charge on any atom is 0.234 e. The van der Waals surface area contributed by atoms with Crippen molar-refractivity contribution in [3.05, 3.63) is 60.7 Å². The molecule has 0 atom stereocenters. The fraction of sp³-hybridized carbons (Fsp3) is 0.235. The lowest BCUT2D eigenvalue weighted by Gasteiger charge is -2.06. The zero-order valence-corrected chi connectivity index (χ0v) is 12.6. The lowest BCUT2D eigenvalue weighted by atomic mass is 10.3. The number of carbonyl (C=O) groups excluding carboxylic acids is 1.